The number of hydrogen-bond donors (Lipinski definition) is 2. The van der Waals surface area contributed by atoms with Crippen molar-refractivity contribution < 1.29 is 23.9 Å². The minimum absolute atomic E-state index is 0.0289. The van der Waals surface area contributed by atoms with E-state index in [9.17, 15) is 14.4 Å². The first-order valence-electron chi connectivity index (χ1n) is 8.39. The van der Waals surface area contributed by atoms with Crippen LogP contribution in [-0.2, 0) is 20.7 Å². The lowest BCUT2D eigenvalue weighted by atomic mass is 10.1. The molecule has 27 heavy (non-hydrogen) atoms. The van der Waals surface area contributed by atoms with Gasteiger partial charge in [-0.15, -0.1) is 0 Å². The van der Waals surface area contributed by atoms with E-state index in [-0.39, 0.29) is 6.42 Å². The quantitative estimate of drug-likeness (QED) is 0.599. The number of nitrogens with one attached hydrogen (secondary N) is 2. The molecule has 2 amide bonds. The number of amides is 2. The molecule has 0 heterocycles. The van der Waals surface area contributed by atoms with Crippen molar-refractivity contribution in [3.05, 3.63) is 65.2 Å². The first-order valence-corrected chi connectivity index (χ1v) is 8.39. The molecule has 7 heteroatoms. The van der Waals surface area contributed by atoms with Gasteiger partial charge in [0.2, 0.25) is 0 Å². The van der Waals surface area contributed by atoms with E-state index in [1.165, 1.54) is 14.0 Å². The van der Waals surface area contributed by atoms with Crippen LogP contribution in [0.15, 0.2) is 48.5 Å². The molecule has 142 valence electrons. The molecule has 0 fully saturated rings. The molecule has 0 aliphatic heterocycles. The van der Waals surface area contributed by atoms with Crippen molar-refractivity contribution in [1.82, 2.24) is 10.9 Å². The maximum atomic E-state index is 12.1. The topological polar surface area (TPSA) is 93.7 Å². The fourth-order valence-electron chi connectivity index (χ4n) is 2.38. The van der Waals surface area contributed by atoms with E-state index in [2.05, 4.69) is 10.9 Å². The van der Waals surface area contributed by atoms with Crippen molar-refractivity contribution in [2.24, 2.45) is 0 Å². The molecular weight excluding hydrogens is 348 g/mol. The third-order valence-corrected chi connectivity index (χ3v) is 3.78. The van der Waals surface area contributed by atoms with Crippen LogP contribution in [0.2, 0.25) is 0 Å². The van der Waals surface area contributed by atoms with Gasteiger partial charge < -0.3 is 9.47 Å². The summed E-state index contributed by atoms with van der Waals surface area (Å²) in [5.41, 5.74) is 6.57. The highest BCUT2D eigenvalue weighted by atomic mass is 16.5. The standard InChI is InChI=1S/C20H22N2O5/c1-13-9-10-17(26-3)16(11-13)12-18(23)27-14(2)19(24)21-22-20(25)15-7-5-4-6-8-15/h4-11,14H,12H2,1-3H3,(H,21,24)(H,22,25)/t14-/m0/s1. The molecule has 0 saturated heterocycles. The second-order valence-corrected chi connectivity index (χ2v) is 5.93. The van der Waals surface area contributed by atoms with E-state index in [1.807, 2.05) is 19.1 Å². The van der Waals surface area contributed by atoms with Crippen LogP contribution in [0.1, 0.15) is 28.4 Å². The molecule has 0 saturated carbocycles. The van der Waals surface area contributed by atoms with Crippen molar-refractivity contribution >= 4 is 17.8 Å². The Labute approximate surface area is 157 Å². The molecule has 0 unspecified atom stereocenters. The Hall–Kier alpha value is -3.35. The number of benzene rings is 2. The first kappa shape index (κ1) is 20.0. The van der Waals surface area contributed by atoms with Gasteiger partial charge in [-0.25, -0.2) is 0 Å². The summed E-state index contributed by atoms with van der Waals surface area (Å²) in [6.07, 6.45) is -1.09. The van der Waals surface area contributed by atoms with Gasteiger partial charge in [0, 0.05) is 11.1 Å². The van der Waals surface area contributed by atoms with E-state index < -0.39 is 23.9 Å². The molecular formula is C20H22N2O5. The first-order chi connectivity index (χ1) is 12.9. The summed E-state index contributed by atoms with van der Waals surface area (Å²) in [7, 11) is 1.52. The van der Waals surface area contributed by atoms with Gasteiger partial charge in [0.25, 0.3) is 11.8 Å². The summed E-state index contributed by atoms with van der Waals surface area (Å²) in [5.74, 6) is -1.10. The Morgan fingerprint density at radius 1 is 1.04 bits per heavy atom. The monoisotopic (exact) mass is 370 g/mol. The summed E-state index contributed by atoms with van der Waals surface area (Å²) in [6.45, 7) is 3.33. The van der Waals surface area contributed by atoms with Crippen LogP contribution in [0.3, 0.4) is 0 Å². The summed E-state index contributed by atoms with van der Waals surface area (Å²) < 4.78 is 10.4. The fraction of sp³-hybridized carbons (Fsp3) is 0.250. The zero-order valence-corrected chi connectivity index (χ0v) is 15.4. The van der Waals surface area contributed by atoms with Crippen LogP contribution in [0, 0.1) is 6.92 Å². The number of aryl methyl sites for hydroxylation is 1. The van der Waals surface area contributed by atoms with Gasteiger partial charge in [0.05, 0.1) is 13.5 Å². The number of carbonyl (C=O) groups is 3. The van der Waals surface area contributed by atoms with E-state index in [0.29, 0.717) is 16.9 Å². The number of esters is 1. The second kappa shape index (κ2) is 9.38. The normalized spacial score (nSPS) is 11.2. The lowest BCUT2D eigenvalue weighted by Gasteiger charge is -2.15. The minimum Gasteiger partial charge on any atom is -0.496 e. The molecule has 0 spiro atoms. The Morgan fingerprint density at radius 2 is 1.74 bits per heavy atom. The lowest BCUT2D eigenvalue weighted by molar-refractivity contribution is -0.154. The van der Waals surface area contributed by atoms with E-state index >= 15 is 0 Å². The molecule has 0 radical (unpaired) electrons. The maximum absolute atomic E-state index is 12.1. The summed E-state index contributed by atoms with van der Waals surface area (Å²) in [4.78, 5) is 36.0. The van der Waals surface area contributed by atoms with Crippen molar-refractivity contribution in [1.29, 1.82) is 0 Å². The van der Waals surface area contributed by atoms with Crippen molar-refractivity contribution in [3.8, 4) is 5.75 Å². The molecule has 2 rings (SSSR count). The van der Waals surface area contributed by atoms with Gasteiger partial charge in [-0.1, -0.05) is 35.9 Å². The number of ether oxygens (including phenoxy) is 2. The van der Waals surface area contributed by atoms with Gasteiger partial charge in [-0.3, -0.25) is 25.2 Å². The lowest BCUT2D eigenvalue weighted by Crippen LogP contribution is -2.46. The smallest absolute Gasteiger partial charge is 0.311 e. The molecule has 0 bridgehead atoms. The molecule has 2 aromatic rings. The number of rotatable bonds is 6. The molecule has 1 atom stereocenters. The van der Waals surface area contributed by atoms with Gasteiger partial charge in [-0.05, 0) is 32.0 Å². The van der Waals surface area contributed by atoms with Crippen LogP contribution < -0.4 is 15.6 Å². The van der Waals surface area contributed by atoms with Gasteiger partial charge >= 0.3 is 5.97 Å². The average Bonchev–Trinajstić information content (AvgIpc) is 2.66. The van der Waals surface area contributed by atoms with Crippen molar-refractivity contribution in [2.45, 2.75) is 26.4 Å². The van der Waals surface area contributed by atoms with Crippen LogP contribution in [0.25, 0.3) is 0 Å². The summed E-state index contributed by atoms with van der Waals surface area (Å²) >= 11 is 0. The Bertz CT molecular complexity index is 820. The fourth-order valence-corrected chi connectivity index (χ4v) is 2.38. The third kappa shape index (κ3) is 5.85. The zero-order chi connectivity index (χ0) is 19.8. The highest BCUT2D eigenvalue weighted by molar-refractivity contribution is 5.95. The van der Waals surface area contributed by atoms with Crippen LogP contribution in [0.5, 0.6) is 5.75 Å². The Kier molecular flexibility index (Phi) is 6.93. The third-order valence-electron chi connectivity index (χ3n) is 3.78. The number of hydrogen-bond acceptors (Lipinski definition) is 5. The highest BCUT2D eigenvalue weighted by Gasteiger charge is 2.20. The Balaban J connectivity index is 1.86. The summed E-state index contributed by atoms with van der Waals surface area (Å²) in [5, 5.41) is 0. The largest absolute Gasteiger partial charge is 0.496 e. The highest BCUT2D eigenvalue weighted by Crippen LogP contribution is 2.20. The molecule has 2 N–H and O–H groups in total. The minimum atomic E-state index is -1.07. The SMILES string of the molecule is COc1ccc(C)cc1CC(=O)O[C@@H](C)C(=O)NNC(=O)c1ccccc1. The van der Waals surface area contributed by atoms with E-state index in [0.717, 1.165) is 5.56 Å². The van der Waals surface area contributed by atoms with Crippen molar-refractivity contribution in [3.63, 3.8) is 0 Å². The zero-order valence-electron chi connectivity index (χ0n) is 15.4. The van der Waals surface area contributed by atoms with Crippen LogP contribution >= 0.6 is 0 Å². The average molecular weight is 370 g/mol. The predicted molar refractivity (Wildman–Crippen MR) is 99.0 cm³/mol. The van der Waals surface area contributed by atoms with Crippen LogP contribution in [-0.4, -0.2) is 31.0 Å². The number of methoxy groups -OCH3 is 1. The molecule has 2 aromatic carbocycles. The van der Waals surface area contributed by atoms with Gasteiger partial charge in [0.15, 0.2) is 6.10 Å². The predicted octanol–water partition coefficient (Wildman–Crippen LogP) is 1.94. The maximum Gasteiger partial charge on any atom is 0.311 e. The number of hydrazine groups is 1. The Morgan fingerprint density at radius 3 is 2.41 bits per heavy atom. The van der Waals surface area contributed by atoms with E-state index in [4.69, 9.17) is 9.47 Å². The van der Waals surface area contributed by atoms with Gasteiger partial charge in [0.1, 0.15) is 5.75 Å². The van der Waals surface area contributed by atoms with Gasteiger partial charge in [-0.2, -0.15) is 0 Å². The molecule has 0 aromatic heterocycles. The van der Waals surface area contributed by atoms with Crippen molar-refractivity contribution in [2.75, 3.05) is 7.11 Å². The molecule has 0 aliphatic carbocycles. The molecule has 0 aliphatic rings. The van der Waals surface area contributed by atoms with E-state index in [1.54, 1.807) is 36.4 Å². The van der Waals surface area contributed by atoms with Crippen LogP contribution in [0.4, 0.5) is 0 Å². The number of carbonyl (C=O) groups excluding carboxylic acids is 3. The summed E-state index contributed by atoms with van der Waals surface area (Å²) in [6, 6.07) is 13.9. The molecule has 7 nitrogen and oxygen atoms in total. The second-order valence-electron chi connectivity index (χ2n) is 5.93.